The molecule has 0 fully saturated rings. The van der Waals surface area contributed by atoms with Crippen molar-refractivity contribution in [1.82, 2.24) is 0 Å². The first-order valence-electron chi connectivity index (χ1n) is 20.9. The van der Waals surface area contributed by atoms with E-state index in [1.807, 2.05) is 0 Å². The topological polar surface area (TPSA) is 173 Å². The van der Waals surface area contributed by atoms with Crippen LogP contribution in [0.4, 0.5) is 0 Å². The molecule has 0 saturated carbocycles. The van der Waals surface area contributed by atoms with E-state index in [2.05, 4.69) is 13.8 Å². The number of hydrogen-bond acceptors (Lipinski definition) is 9. The largest absolute Gasteiger partial charge is 2.00 e. The Hall–Kier alpha value is -2.84. The number of aromatic hydroxyl groups is 1. The minimum Gasteiger partial charge on any atom is -0.870 e. The Labute approximate surface area is 383 Å². The van der Waals surface area contributed by atoms with Crippen LogP contribution < -0.4 is 14.6 Å². The second-order valence-electron chi connectivity index (χ2n) is 14.7. The molecule has 0 aliphatic heterocycles. The van der Waals surface area contributed by atoms with Crippen molar-refractivity contribution in [2.45, 2.75) is 152 Å². The molecule has 0 bridgehead atoms. The van der Waals surface area contributed by atoms with Gasteiger partial charge < -0.3 is 24.2 Å². The van der Waals surface area contributed by atoms with E-state index in [-0.39, 0.29) is 76.3 Å². The van der Waals surface area contributed by atoms with Crippen LogP contribution in [0.25, 0.3) is 0 Å². The van der Waals surface area contributed by atoms with Crippen LogP contribution in [-0.2, 0) is 33.1 Å². The first kappa shape index (κ1) is 52.3. The number of phenols is 1. The fraction of sp³-hybridized carbons (Fsp3) is 0.478. The maximum absolute atomic E-state index is 11.9. The van der Waals surface area contributed by atoms with Crippen LogP contribution in [0.3, 0.4) is 0 Å². The number of para-hydroxylation sites is 4. The van der Waals surface area contributed by atoms with Gasteiger partial charge in [-0.25, -0.2) is 8.42 Å². The first-order valence-corrected chi connectivity index (χ1v) is 23.8. The Morgan fingerprint density at radius 3 is 1.31 bits per heavy atom. The second kappa shape index (κ2) is 28.6. The number of benzene rings is 4. The number of unbranched alkanes of at least 4 members (excludes halogenated alkanes) is 16. The maximum Gasteiger partial charge on any atom is 2.00 e. The monoisotopic (exact) mass is 878 g/mol. The molecule has 2 N–H and O–H groups in total. The normalized spacial score (nSPS) is 11.3. The summed E-state index contributed by atoms with van der Waals surface area (Å²) in [6, 6.07) is 21.6. The molecular formula is C46H62CaO10S2. The van der Waals surface area contributed by atoms with E-state index in [1.54, 1.807) is 42.5 Å². The van der Waals surface area contributed by atoms with Crippen molar-refractivity contribution in [2.75, 3.05) is 0 Å². The fourth-order valence-corrected chi connectivity index (χ4v) is 8.30. The van der Waals surface area contributed by atoms with Crippen LogP contribution in [0, 0.1) is 0 Å². The molecule has 0 radical (unpaired) electrons. The summed E-state index contributed by atoms with van der Waals surface area (Å²) in [4.78, 5) is -0.400. The standard InChI is InChI=1S/2C23H32O5S.Ca/c2*1-2-3-4-5-6-7-8-9-10-14-19-21(17-13-18-23(19)29(25,26)27)28-22-16-12-11-15-20(22)24;/h2*11-13,15-18,24H,2-10,14H2,1H3,(H,25,26,27);/q;;+2/p-2. The summed E-state index contributed by atoms with van der Waals surface area (Å²) < 4.78 is 79.9. The molecule has 10 nitrogen and oxygen atoms in total. The van der Waals surface area contributed by atoms with Crippen molar-refractivity contribution < 1.29 is 45.6 Å². The van der Waals surface area contributed by atoms with Gasteiger partial charge in [-0.3, -0.25) is 4.55 Å². The summed E-state index contributed by atoms with van der Waals surface area (Å²) in [6.07, 6.45) is 21.6. The van der Waals surface area contributed by atoms with E-state index >= 15 is 0 Å². The third-order valence-electron chi connectivity index (χ3n) is 9.94. The van der Waals surface area contributed by atoms with Crippen LogP contribution >= 0.6 is 0 Å². The molecule has 0 aromatic heterocycles. The first-order chi connectivity index (χ1) is 27.9. The molecule has 4 rings (SSSR count). The van der Waals surface area contributed by atoms with Gasteiger partial charge in [0.05, 0.1) is 4.90 Å². The molecule has 4 aromatic carbocycles. The zero-order valence-corrected chi connectivity index (χ0v) is 38.8. The van der Waals surface area contributed by atoms with Gasteiger partial charge in [0, 0.05) is 11.1 Å². The van der Waals surface area contributed by atoms with E-state index in [0.29, 0.717) is 29.7 Å². The molecule has 0 atom stereocenters. The average Bonchev–Trinajstić information content (AvgIpc) is 3.18. The summed E-state index contributed by atoms with van der Waals surface area (Å²) in [5.74, 6) is 0.622. The summed E-state index contributed by atoms with van der Waals surface area (Å²) in [6.45, 7) is 4.41. The average molecular weight is 879 g/mol. The van der Waals surface area contributed by atoms with Gasteiger partial charge in [-0.2, -0.15) is 8.42 Å². The van der Waals surface area contributed by atoms with Crippen LogP contribution in [0.1, 0.15) is 141 Å². The fourth-order valence-electron chi connectivity index (χ4n) is 6.79. The predicted molar refractivity (Wildman–Crippen MR) is 232 cm³/mol. The number of rotatable bonds is 26. The molecule has 13 heteroatoms. The molecule has 0 aliphatic carbocycles. The minimum absolute atomic E-state index is 0. The zero-order chi connectivity index (χ0) is 42.2. The van der Waals surface area contributed by atoms with Crippen molar-refractivity contribution in [2.24, 2.45) is 0 Å². The molecule has 0 aliphatic rings. The molecule has 0 saturated heterocycles. The van der Waals surface area contributed by atoms with Gasteiger partial charge in [-0.05, 0) is 68.1 Å². The maximum atomic E-state index is 11.9. The second-order valence-corrected chi connectivity index (χ2v) is 17.4. The number of hydrogen-bond donors (Lipinski definition) is 2. The van der Waals surface area contributed by atoms with E-state index in [9.17, 15) is 36.2 Å². The third-order valence-corrected chi connectivity index (χ3v) is 11.8. The van der Waals surface area contributed by atoms with E-state index < -0.39 is 20.2 Å². The van der Waals surface area contributed by atoms with Crippen molar-refractivity contribution in [1.29, 1.82) is 0 Å². The predicted octanol–water partition coefficient (Wildman–Crippen LogP) is 11.7. The number of ether oxygens (including phenoxy) is 2. The van der Waals surface area contributed by atoms with Gasteiger partial charge in [0.1, 0.15) is 32.3 Å². The Bertz CT molecular complexity index is 1870. The zero-order valence-electron chi connectivity index (χ0n) is 34.9. The Morgan fingerprint density at radius 1 is 0.492 bits per heavy atom. The van der Waals surface area contributed by atoms with Gasteiger partial charge in [-0.1, -0.05) is 165 Å². The summed E-state index contributed by atoms with van der Waals surface area (Å²) in [7, 11) is -8.99. The van der Waals surface area contributed by atoms with Crippen LogP contribution in [-0.4, -0.2) is 68.8 Å². The summed E-state index contributed by atoms with van der Waals surface area (Å²) in [5.41, 5.74) is 0.801. The number of phenolic OH excluding ortho intramolecular Hbond substituents is 1. The van der Waals surface area contributed by atoms with Crippen molar-refractivity contribution in [3.8, 4) is 34.5 Å². The smallest absolute Gasteiger partial charge is 0.870 e. The van der Waals surface area contributed by atoms with Crippen molar-refractivity contribution >= 4 is 58.0 Å². The van der Waals surface area contributed by atoms with Gasteiger partial charge >= 0.3 is 37.7 Å². The molecule has 0 spiro atoms. The van der Waals surface area contributed by atoms with Crippen LogP contribution in [0.2, 0.25) is 0 Å². The summed E-state index contributed by atoms with van der Waals surface area (Å²) in [5, 5.41) is 21.9. The Kier molecular flexibility index (Phi) is 25.4. The van der Waals surface area contributed by atoms with Gasteiger partial charge in [0.2, 0.25) is 0 Å². The Balaban J connectivity index is 0.000000400. The van der Waals surface area contributed by atoms with E-state index in [1.165, 1.54) is 113 Å². The van der Waals surface area contributed by atoms with Gasteiger partial charge in [0.15, 0.2) is 11.5 Å². The van der Waals surface area contributed by atoms with Crippen LogP contribution in [0.5, 0.6) is 34.5 Å². The van der Waals surface area contributed by atoms with Crippen molar-refractivity contribution in [3.63, 3.8) is 0 Å². The van der Waals surface area contributed by atoms with Crippen molar-refractivity contribution in [3.05, 3.63) is 96.1 Å². The minimum atomic E-state index is -4.63. The molecule has 59 heavy (non-hydrogen) atoms. The molecule has 0 unspecified atom stereocenters. The quantitative estimate of drug-likeness (QED) is 0.0351. The SMILES string of the molecule is CCCCCCCCCCCc1c(Oc2ccccc2O)cccc1S(=O)(=O)O.CCCCCCCCCCCc1c(Oc2ccccc2[O-])cccc1S(=O)(=O)[O-].[Ca+2]. The Morgan fingerprint density at radius 2 is 0.864 bits per heavy atom. The molecule has 320 valence electrons. The van der Waals surface area contributed by atoms with Gasteiger partial charge in [0.25, 0.3) is 10.1 Å². The van der Waals surface area contributed by atoms with E-state index in [0.717, 1.165) is 44.9 Å². The van der Waals surface area contributed by atoms with Gasteiger partial charge in [-0.15, -0.1) is 0 Å². The molecular weight excluding hydrogens is 817 g/mol. The van der Waals surface area contributed by atoms with E-state index in [4.69, 9.17) is 9.47 Å². The molecule has 0 amide bonds. The summed E-state index contributed by atoms with van der Waals surface area (Å²) >= 11 is 0. The molecule has 0 heterocycles. The van der Waals surface area contributed by atoms with Crippen LogP contribution in [0.15, 0.2) is 94.7 Å². The third kappa shape index (κ3) is 19.6. The molecule has 4 aromatic rings.